The minimum Gasteiger partial charge on any atom is -0.494 e. The van der Waals surface area contributed by atoms with Crippen LogP contribution in [-0.2, 0) is 17.1 Å². The van der Waals surface area contributed by atoms with Crippen molar-refractivity contribution in [2.75, 3.05) is 25.0 Å². The van der Waals surface area contributed by atoms with E-state index in [4.69, 9.17) is 9.47 Å². The largest absolute Gasteiger partial charge is 0.494 e. The molecule has 1 aromatic heterocycles. The molecule has 1 aliphatic rings. The predicted octanol–water partition coefficient (Wildman–Crippen LogP) is 4.25. The van der Waals surface area contributed by atoms with Crippen molar-refractivity contribution >= 4 is 21.6 Å². The summed E-state index contributed by atoms with van der Waals surface area (Å²) >= 11 is 0. The van der Waals surface area contributed by atoms with Gasteiger partial charge in [0.1, 0.15) is 22.1 Å². The fraction of sp³-hybridized carbons (Fsp3) is 0.292. The maximum Gasteiger partial charge on any atom is 0.272 e. The molecule has 9 heteroatoms. The van der Waals surface area contributed by atoms with Crippen molar-refractivity contribution < 1.29 is 22.7 Å². The Morgan fingerprint density at radius 2 is 1.70 bits per heavy atom. The molecule has 3 aromatic rings. The van der Waals surface area contributed by atoms with Crippen LogP contribution in [0.3, 0.4) is 0 Å². The molecule has 0 aliphatic carbocycles. The molecule has 0 saturated carbocycles. The molecule has 0 unspecified atom stereocenters. The number of nitrogens with one attached hydrogen (secondary N) is 1. The smallest absolute Gasteiger partial charge is 0.272 e. The average Bonchev–Trinajstić information content (AvgIpc) is 3.47. The molecule has 0 atom stereocenters. The van der Waals surface area contributed by atoms with Crippen LogP contribution in [-0.4, -0.2) is 42.9 Å². The van der Waals surface area contributed by atoms with Crippen molar-refractivity contribution in [1.82, 2.24) is 8.87 Å². The van der Waals surface area contributed by atoms with Crippen LogP contribution in [0.2, 0.25) is 0 Å². The molecule has 174 valence electrons. The number of hydrogen-bond donors (Lipinski definition) is 1. The number of anilines is 1. The number of ether oxygens (including phenoxy) is 2. The van der Waals surface area contributed by atoms with Crippen molar-refractivity contribution in [3.05, 3.63) is 66.5 Å². The van der Waals surface area contributed by atoms with Crippen molar-refractivity contribution in [3.8, 4) is 17.2 Å². The van der Waals surface area contributed by atoms with Gasteiger partial charge in [-0.3, -0.25) is 4.79 Å². The van der Waals surface area contributed by atoms with Crippen LogP contribution in [0.1, 0.15) is 30.3 Å². The maximum atomic E-state index is 13.0. The highest BCUT2D eigenvalue weighted by Gasteiger charge is 2.29. The van der Waals surface area contributed by atoms with E-state index in [1.165, 1.54) is 21.1 Å². The summed E-state index contributed by atoms with van der Waals surface area (Å²) in [6, 6.07) is 15.7. The summed E-state index contributed by atoms with van der Waals surface area (Å²) in [6.45, 7) is 3.51. The summed E-state index contributed by atoms with van der Waals surface area (Å²) < 4.78 is 40.1. The molecule has 1 N–H and O–H groups in total. The summed E-state index contributed by atoms with van der Waals surface area (Å²) in [5.74, 6) is 1.38. The lowest BCUT2D eigenvalue weighted by atomic mass is 10.2. The van der Waals surface area contributed by atoms with E-state index in [0.717, 1.165) is 18.6 Å². The van der Waals surface area contributed by atoms with Crippen LogP contribution < -0.4 is 14.8 Å². The van der Waals surface area contributed by atoms with E-state index >= 15 is 0 Å². The second-order valence-electron chi connectivity index (χ2n) is 7.74. The Morgan fingerprint density at radius 3 is 2.39 bits per heavy atom. The molecule has 2 heterocycles. The van der Waals surface area contributed by atoms with E-state index in [0.29, 0.717) is 36.9 Å². The summed E-state index contributed by atoms with van der Waals surface area (Å²) in [7, 11) is -1.95. The van der Waals surface area contributed by atoms with Crippen LogP contribution in [0.25, 0.3) is 0 Å². The number of amides is 1. The SMILES string of the molecule is CCOc1ccc(Oc2ccccc2NC(=O)c2cc(S(=O)(=O)N3CCCC3)cn2C)cc1. The molecular weight excluding hydrogens is 442 g/mol. The van der Waals surface area contributed by atoms with Crippen LogP contribution in [0, 0.1) is 0 Å². The lowest BCUT2D eigenvalue weighted by molar-refractivity contribution is 0.101. The van der Waals surface area contributed by atoms with Gasteiger partial charge in [0.25, 0.3) is 5.91 Å². The number of carbonyl (C=O) groups excluding carboxylic acids is 1. The molecule has 0 spiro atoms. The molecule has 1 aliphatic heterocycles. The summed E-state index contributed by atoms with van der Waals surface area (Å²) in [6.07, 6.45) is 3.18. The maximum absolute atomic E-state index is 13.0. The van der Waals surface area contributed by atoms with Gasteiger partial charge in [0.05, 0.1) is 12.3 Å². The minimum atomic E-state index is -3.61. The number of hydrogen-bond acceptors (Lipinski definition) is 5. The van der Waals surface area contributed by atoms with Gasteiger partial charge in [0, 0.05) is 26.3 Å². The second kappa shape index (κ2) is 9.68. The van der Waals surface area contributed by atoms with E-state index in [2.05, 4.69) is 5.32 Å². The third kappa shape index (κ3) is 5.04. The van der Waals surface area contributed by atoms with Crippen molar-refractivity contribution in [2.45, 2.75) is 24.7 Å². The summed E-state index contributed by atoms with van der Waals surface area (Å²) in [5, 5.41) is 2.84. The highest BCUT2D eigenvalue weighted by atomic mass is 32.2. The number of aryl methyl sites for hydroxylation is 1. The van der Waals surface area contributed by atoms with Gasteiger partial charge in [-0.25, -0.2) is 8.42 Å². The van der Waals surface area contributed by atoms with E-state index < -0.39 is 15.9 Å². The Hall–Kier alpha value is -3.30. The molecule has 4 rings (SSSR count). The van der Waals surface area contributed by atoms with Gasteiger partial charge < -0.3 is 19.4 Å². The first-order valence-electron chi connectivity index (χ1n) is 10.9. The molecule has 0 radical (unpaired) electrons. The van der Waals surface area contributed by atoms with Crippen LogP contribution in [0.5, 0.6) is 17.2 Å². The molecule has 1 amide bonds. The van der Waals surface area contributed by atoms with Crippen molar-refractivity contribution in [3.63, 3.8) is 0 Å². The molecule has 1 saturated heterocycles. The van der Waals surface area contributed by atoms with Gasteiger partial charge in [0.2, 0.25) is 10.0 Å². The number of benzene rings is 2. The zero-order valence-electron chi connectivity index (χ0n) is 18.7. The van der Waals surface area contributed by atoms with Crippen LogP contribution in [0.4, 0.5) is 5.69 Å². The zero-order chi connectivity index (χ0) is 23.4. The van der Waals surface area contributed by atoms with Crippen LogP contribution in [0.15, 0.2) is 65.7 Å². The number of aromatic nitrogens is 1. The summed E-state index contributed by atoms with van der Waals surface area (Å²) in [5.41, 5.74) is 0.713. The normalized spacial score (nSPS) is 14.2. The Kier molecular flexibility index (Phi) is 6.71. The first-order valence-corrected chi connectivity index (χ1v) is 12.3. The first kappa shape index (κ1) is 22.9. The van der Waals surface area contributed by atoms with E-state index in [9.17, 15) is 13.2 Å². The lowest BCUT2D eigenvalue weighted by Gasteiger charge is -2.13. The fourth-order valence-electron chi connectivity index (χ4n) is 3.72. The molecule has 8 nitrogen and oxygen atoms in total. The van der Waals surface area contributed by atoms with Crippen LogP contribution >= 0.6 is 0 Å². The van der Waals surface area contributed by atoms with Gasteiger partial charge in [0.15, 0.2) is 5.75 Å². The third-order valence-corrected chi connectivity index (χ3v) is 7.28. The molecule has 2 aromatic carbocycles. The van der Waals surface area contributed by atoms with Gasteiger partial charge in [-0.2, -0.15) is 4.31 Å². The minimum absolute atomic E-state index is 0.121. The Labute approximate surface area is 193 Å². The van der Waals surface area contributed by atoms with Crippen molar-refractivity contribution in [1.29, 1.82) is 0 Å². The standard InChI is InChI=1S/C24H27N3O5S/c1-3-31-18-10-12-19(13-11-18)32-23-9-5-4-8-21(23)25-24(28)22-16-20(17-26(22)2)33(29,30)27-14-6-7-15-27/h4-5,8-13,16-17H,3,6-7,14-15H2,1-2H3,(H,25,28). The number of carbonyl (C=O) groups is 1. The fourth-order valence-corrected chi connectivity index (χ4v) is 5.31. The number of sulfonamides is 1. The highest BCUT2D eigenvalue weighted by Crippen LogP contribution is 2.31. The van der Waals surface area contributed by atoms with Crippen molar-refractivity contribution in [2.24, 2.45) is 7.05 Å². The van der Waals surface area contributed by atoms with E-state index in [1.807, 2.05) is 25.1 Å². The molecular formula is C24H27N3O5S. The second-order valence-corrected chi connectivity index (χ2v) is 9.68. The topological polar surface area (TPSA) is 89.9 Å². The zero-order valence-corrected chi connectivity index (χ0v) is 19.5. The van der Waals surface area contributed by atoms with E-state index in [-0.39, 0.29) is 10.6 Å². The van der Waals surface area contributed by atoms with Gasteiger partial charge in [-0.1, -0.05) is 12.1 Å². The quantitative estimate of drug-likeness (QED) is 0.533. The lowest BCUT2D eigenvalue weighted by Crippen LogP contribution is -2.27. The number of rotatable bonds is 8. The predicted molar refractivity (Wildman–Crippen MR) is 125 cm³/mol. The number of nitrogens with zero attached hydrogens (tertiary/aromatic N) is 2. The molecule has 1 fully saturated rings. The Bertz CT molecular complexity index is 1230. The Balaban J connectivity index is 1.52. The van der Waals surface area contributed by atoms with Gasteiger partial charge >= 0.3 is 0 Å². The van der Waals surface area contributed by atoms with Gasteiger partial charge in [-0.15, -0.1) is 0 Å². The summed E-state index contributed by atoms with van der Waals surface area (Å²) in [4.78, 5) is 13.1. The molecule has 33 heavy (non-hydrogen) atoms. The highest BCUT2D eigenvalue weighted by molar-refractivity contribution is 7.89. The first-order chi connectivity index (χ1) is 15.9. The van der Waals surface area contributed by atoms with E-state index in [1.54, 1.807) is 37.4 Å². The third-order valence-electron chi connectivity index (χ3n) is 5.41. The Morgan fingerprint density at radius 1 is 1.03 bits per heavy atom. The van der Waals surface area contributed by atoms with Gasteiger partial charge in [-0.05, 0) is 62.2 Å². The molecule has 0 bridgehead atoms. The number of para-hydroxylation sites is 2. The average molecular weight is 470 g/mol. The monoisotopic (exact) mass is 469 g/mol.